The van der Waals surface area contributed by atoms with Crippen LogP contribution < -0.4 is 15.4 Å². The lowest BCUT2D eigenvalue weighted by molar-refractivity contribution is -0.142. The minimum atomic E-state index is -4.75. The highest BCUT2D eigenvalue weighted by Crippen LogP contribution is 2.37. The predicted molar refractivity (Wildman–Crippen MR) is 142 cm³/mol. The lowest BCUT2D eigenvalue weighted by atomic mass is 10.1. The quantitative estimate of drug-likeness (QED) is 0.252. The van der Waals surface area contributed by atoms with Gasteiger partial charge in [-0.2, -0.15) is 13.2 Å². The van der Waals surface area contributed by atoms with Crippen LogP contribution in [0, 0.1) is 6.92 Å². The molecule has 0 unspecified atom stereocenters. The van der Waals surface area contributed by atoms with Crippen LogP contribution in [0.1, 0.15) is 21.6 Å². The maximum absolute atomic E-state index is 13.7. The SMILES string of the molecule is Cc1ccc(NC(=O)c2cc(C(F)(F)F)c(OC3COC3)cn2)cc1Nc1ncccc1-c1ncnc2nc[nH]c12. The summed E-state index contributed by atoms with van der Waals surface area (Å²) in [7, 11) is 0. The number of hydrogen-bond donors (Lipinski definition) is 3. The molecule has 5 heterocycles. The molecule has 0 spiro atoms. The summed E-state index contributed by atoms with van der Waals surface area (Å²) in [6.45, 7) is 2.24. The van der Waals surface area contributed by atoms with Gasteiger partial charge in [-0.1, -0.05) is 6.07 Å². The number of aryl methyl sites for hydroxylation is 1. The van der Waals surface area contributed by atoms with Gasteiger partial charge in [0.05, 0.1) is 25.7 Å². The molecule has 1 aliphatic heterocycles. The maximum Gasteiger partial charge on any atom is 0.420 e. The van der Waals surface area contributed by atoms with Crippen molar-refractivity contribution in [1.29, 1.82) is 0 Å². The average molecular weight is 563 g/mol. The van der Waals surface area contributed by atoms with Crippen molar-refractivity contribution in [2.45, 2.75) is 19.2 Å². The summed E-state index contributed by atoms with van der Waals surface area (Å²) in [5.74, 6) is -0.783. The second-order valence-corrected chi connectivity index (χ2v) is 9.17. The predicted octanol–water partition coefficient (Wildman–Crippen LogP) is 4.91. The number of amides is 1. The number of H-pyrrole nitrogens is 1. The fourth-order valence-electron chi connectivity index (χ4n) is 4.17. The highest BCUT2D eigenvalue weighted by atomic mass is 19.4. The van der Waals surface area contributed by atoms with Crippen molar-refractivity contribution in [3.63, 3.8) is 0 Å². The van der Waals surface area contributed by atoms with E-state index in [1.54, 1.807) is 30.5 Å². The monoisotopic (exact) mass is 562 g/mol. The number of carbonyl (C=O) groups excluding carboxylic acids is 1. The maximum atomic E-state index is 13.7. The van der Waals surface area contributed by atoms with Crippen LogP contribution in [0.3, 0.4) is 0 Å². The molecule has 4 aromatic heterocycles. The van der Waals surface area contributed by atoms with E-state index in [9.17, 15) is 18.0 Å². The first kappa shape index (κ1) is 26.1. The third-order valence-electron chi connectivity index (χ3n) is 6.34. The number of alkyl halides is 3. The summed E-state index contributed by atoms with van der Waals surface area (Å²) in [5.41, 5.74) is 2.68. The van der Waals surface area contributed by atoms with E-state index >= 15 is 0 Å². The Morgan fingerprint density at radius 3 is 2.73 bits per heavy atom. The number of aromatic nitrogens is 6. The van der Waals surface area contributed by atoms with E-state index in [0.717, 1.165) is 11.8 Å². The van der Waals surface area contributed by atoms with Gasteiger partial charge in [0.25, 0.3) is 5.91 Å². The molecule has 1 saturated heterocycles. The molecule has 1 amide bonds. The molecule has 1 fully saturated rings. The molecule has 3 N–H and O–H groups in total. The van der Waals surface area contributed by atoms with Crippen LogP contribution >= 0.6 is 0 Å². The Morgan fingerprint density at radius 1 is 1.10 bits per heavy atom. The first-order valence-corrected chi connectivity index (χ1v) is 12.4. The Morgan fingerprint density at radius 2 is 1.95 bits per heavy atom. The third-order valence-corrected chi connectivity index (χ3v) is 6.34. The zero-order valence-corrected chi connectivity index (χ0v) is 21.4. The lowest BCUT2D eigenvalue weighted by Gasteiger charge is -2.27. The van der Waals surface area contributed by atoms with E-state index in [-0.39, 0.29) is 13.2 Å². The molecule has 5 aromatic rings. The van der Waals surface area contributed by atoms with Crippen molar-refractivity contribution in [2.75, 3.05) is 23.8 Å². The van der Waals surface area contributed by atoms with Crippen molar-refractivity contribution < 1.29 is 27.4 Å². The lowest BCUT2D eigenvalue weighted by Crippen LogP contribution is -2.39. The van der Waals surface area contributed by atoms with Crippen molar-refractivity contribution in [2.24, 2.45) is 0 Å². The van der Waals surface area contributed by atoms with Gasteiger partial charge in [-0.15, -0.1) is 0 Å². The highest BCUT2D eigenvalue weighted by molar-refractivity contribution is 6.03. The smallest absolute Gasteiger partial charge is 0.420 e. The van der Waals surface area contributed by atoms with Gasteiger partial charge in [-0.3, -0.25) is 4.79 Å². The molecule has 6 rings (SSSR count). The molecule has 0 atom stereocenters. The van der Waals surface area contributed by atoms with Gasteiger partial charge in [-0.05, 0) is 42.8 Å². The number of halogens is 3. The zero-order chi connectivity index (χ0) is 28.6. The van der Waals surface area contributed by atoms with Crippen molar-refractivity contribution >= 4 is 34.3 Å². The molecular formula is C27H21F3N8O3. The van der Waals surface area contributed by atoms with Crippen molar-refractivity contribution in [1.82, 2.24) is 29.9 Å². The van der Waals surface area contributed by atoms with E-state index in [2.05, 4.69) is 40.5 Å². The Bertz CT molecular complexity index is 1750. The number of nitrogens with zero attached hydrogens (tertiary/aromatic N) is 5. The second kappa shape index (κ2) is 10.5. The van der Waals surface area contributed by atoms with Gasteiger partial charge in [0, 0.05) is 23.1 Å². The van der Waals surface area contributed by atoms with E-state index < -0.39 is 35.2 Å². The fourth-order valence-corrected chi connectivity index (χ4v) is 4.17. The van der Waals surface area contributed by atoms with Crippen LogP contribution in [-0.4, -0.2) is 55.1 Å². The van der Waals surface area contributed by atoms with Gasteiger partial charge in [0.15, 0.2) is 11.4 Å². The summed E-state index contributed by atoms with van der Waals surface area (Å²) in [5, 5.41) is 5.88. The molecule has 0 saturated carbocycles. The number of fused-ring (bicyclic) bond motifs is 1. The molecule has 0 bridgehead atoms. The third kappa shape index (κ3) is 5.36. The average Bonchev–Trinajstić information content (AvgIpc) is 3.42. The molecule has 0 radical (unpaired) electrons. The summed E-state index contributed by atoms with van der Waals surface area (Å²) >= 11 is 0. The molecule has 1 aromatic carbocycles. The van der Waals surface area contributed by atoms with Crippen molar-refractivity contribution in [3.8, 4) is 17.0 Å². The number of pyridine rings is 2. The summed E-state index contributed by atoms with van der Waals surface area (Å²) in [4.78, 5) is 37.1. The standard InChI is InChI=1S/C27H21F3N8O3/c1-14-4-5-15(37-26(39)20-8-18(27(28,29)30)21(9-32-20)41-16-10-40-11-16)7-19(14)38-24-17(3-2-6-31-24)22-23-25(35-12-33-22)36-13-34-23/h2-9,12-13,16H,10-11H2,1H3,(H,31,38)(H,37,39)(H,33,34,35,36). The van der Waals surface area contributed by atoms with E-state index in [1.165, 1.54) is 12.7 Å². The van der Waals surface area contributed by atoms with E-state index in [0.29, 0.717) is 45.7 Å². The van der Waals surface area contributed by atoms with Crippen molar-refractivity contribution in [3.05, 3.63) is 78.3 Å². The molecule has 14 heteroatoms. The number of hydrogen-bond acceptors (Lipinski definition) is 9. The van der Waals surface area contributed by atoms with Crippen LogP contribution in [0.15, 0.2) is 61.4 Å². The zero-order valence-electron chi connectivity index (χ0n) is 21.4. The summed E-state index contributed by atoms with van der Waals surface area (Å²) in [6, 6.07) is 9.33. The number of ether oxygens (including phenoxy) is 2. The normalized spacial score (nSPS) is 13.6. The minimum Gasteiger partial charge on any atom is -0.483 e. The topological polar surface area (TPSA) is 140 Å². The molecule has 1 aliphatic rings. The Kier molecular flexibility index (Phi) is 6.67. The molecule has 11 nitrogen and oxygen atoms in total. The number of anilines is 3. The highest BCUT2D eigenvalue weighted by Gasteiger charge is 2.37. The number of benzene rings is 1. The summed E-state index contributed by atoms with van der Waals surface area (Å²) in [6.07, 6.45) is 0.229. The second-order valence-electron chi connectivity index (χ2n) is 9.17. The number of aromatic amines is 1. The first-order valence-electron chi connectivity index (χ1n) is 12.4. The summed E-state index contributed by atoms with van der Waals surface area (Å²) < 4.78 is 51.5. The van der Waals surface area contributed by atoms with E-state index in [4.69, 9.17) is 9.47 Å². The van der Waals surface area contributed by atoms with Crippen LogP contribution in [0.4, 0.5) is 30.4 Å². The van der Waals surface area contributed by atoms with Crippen LogP contribution in [-0.2, 0) is 10.9 Å². The minimum absolute atomic E-state index is 0.190. The molecular weight excluding hydrogens is 541 g/mol. The van der Waals surface area contributed by atoms with Gasteiger partial charge >= 0.3 is 6.18 Å². The van der Waals surface area contributed by atoms with Gasteiger partial charge in [0.1, 0.15) is 40.7 Å². The molecule has 0 aliphatic carbocycles. The van der Waals surface area contributed by atoms with E-state index in [1.807, 2.05) is 13.0 Å². The Balaban J connectivity index is 1.25. The number of rotatable bonds is 7. The number of nitrogens with one attached hydrogen (secondary N) is 3. The van der Waals surface area contributed by atoms with Crippen LogP contribution in [0.5, 0.6) is 5.75 Å². The van der Waals surface area contributed by atoms with Gasteiger partial charge in [0.2, 0.25) is 0 Å². The molecule has 41 heavy (non-hydrogen) atoms. The van der Waals surface area contributed by atoms with Gasteiger partial charge < -0.3 is 25.1 Å². The fraction of sp³-hybridized carbons (Fsp3) is 0.185. The Labute approximate surface area is 230 Å². The Hall–Kier alpha value is -5.11. The van der Waals surface area contributed by atoms with Gasteiger partial charge in [-0.25, -0.2) is 24.9 Å². The molecule has 208 valence electrons. The number of carbonyl (C=O) groups is 1. The van der Waals surface area contributed by atoms with Crippen LogP contribution in [0.25, 0.3) is 22.4 Å². The largest absolute Gasteiger partial charge is 0.483 e. The number of imidazole rings is 1. The van der Waals surface area contributed by atoms with Crippen LogP contribution in [0.2, 0.25) is 0 Å². The first-order chi connectivity index (χ1) is 19.8.